The number of methoxy groups -OCH3 is 2. The summed E-state index contributed by atoms with van der Waals surface area (Å²) in [5.41, 5.74) is 1.60. The van der Waals surface area contributed by atoms with Gasteiger partial charge in [-0.05, 0) is 60.3 Å². The lowest BCUT2D eigenvalue weighted by atomic mass is 10.2. The van der Waals surface area contributed by atoms with Crippen molar-refractivity contribution in [3.8, 4) is 5.75 Å². The van der Waals surface area contributed by atoms with Gasteiger partial charge < -0.3 is 14.4 Å². The van der Waals surface area contributed by atoms with E-state index in [2.05, 4.69) is 0 Å². The number of amides is 1. The minimum atomic E-state index is -0.506. The molecule has 0 unspecified atom stereocenters. The molecule has 0 radical (unpaired) electrons. The van der Waals surface area contributed by atoms with Gasteiger partial charge in [0.25, 0.3) is 5.91 Å². The first-order chi connectivity index (χ1) is 13.4. The summed E-state index contributed by atoms with van der Waals surface area (Å²) in [5, 5.41) is 0.780. The second-order valence-electron chi connectivity index (χ2n) is 5.86. The molecule has 28 heavy (non-hydrogen) atoms. The van der Waals surface area contributed by atoms with Crippen molar-refractivity contribution in [2.75, 3.05) is 25.7 Å². The zero-order chi connectivity index (χ0) is 20.3. The maximum Gasteiger partial charge on any atom is 0.325 e. The minimum absolute atomic E-state index is 0.173. The van der Waals surface area contributed by atoms with Crippen LogP contribution < -0.4 is 9.64 Å². The van der Waals surface area contributed by atoms with Crippen molar-refractivity contribution in [1.82, 2.24) is 4.90 Å². The molecule has 1 aliphatic rings. The maximum absolute atomic E-state index is 13.1. The summed E-state index contributed by atoms with van der Waals surface area (Å²) < 4.78 is 9.90. The molecule has 0 saturated carbocycles. The molecular formula is C20H17ClN2O4S. The van der Waals surface area contributed by atoms with Crippen LogP contribution in [0.15, 0.2) is 54.2 Å². The van der Waals surface area contributed by atoms with Crippen LogP contribution >= 0.6 is 23.8 Å². The summed E-state index contributed by atoms with van der Waals surface area (Å²) in [6, 6.07) is 13.9. The van der Waals surface area contributed by atoms with Gasteiger partial charge >= 0.3 is 5.97 Å². The Labute approximate surface area is 172 Å². The first-order valence-electron chi connectivity index (χ1n) is 8.28. The lowest BCUT2D eigenvalue weighted by Gasteiger charge is -2.19. The molecule has 2 aromatic carbocycles. The molecule has 6 nitrogen and oxygen atoms in total. The molecule has 144 valence electrons. The number of carbonyl (C=O) groups excluding carboxylic acids is 2. The summed E-state index contributed by atoms with van der Waals surface area (Å²) in [5.74, 6) is -0.188. The average Bonchev–Trinajstić information content (AvgIpc) is 2.93. The Kier molecular flexibility index (Phi) is 5.96. The van der Waals surface area contributed by atoms with E-state index in [4.69, 9.17) is 33.3 Å². The highest BCUT2D eigenvalue weighted by Gasteiger charge is 2.40. The lowest BCUT2D eigenvalue weighted by molar-refractivity contribution is -0.140. The molecule has 0 atom stereocenters. The van der Waals surface area contributed by atoms with Gasteiger partial charge in [-0.15, -0.1) is 0 Å². The molecule has 8 heteroatoms. The average molecular weight is 417 g/mol. The fraction of sp³-hybridized carbons (Fsp3) is 0.150. The molecule has 0 bridgehead atoms. The third-order valence-corrected chi connectivity index (χ3v) is 4.81. The predicted octanol–water partition coefficient (Wildman–Crippen LogP) is 3.50. The largest absolute Gasteiger partial charge is 0.497 e. The Bertz CT molecular complexity index is 942. The van der Waals surface area contributed by atoms with Crippen LogP contribution in [-0.4, -0.2) is 42.7 Å². The minimum Gasteiger partial charge on any atom is -0.497 e. The van der Waals surface area contributed by atoms with Crippen LogP contribution in [0.2, 0.25) is 5.02 Å². The summed E-state index contributed by atoms with van der Waals surface area (Å²) in [6.07, 6.45) is 1.66. The Hall–Kier alpha value is -2.90. The van der Waals surface area contributed by atoms with E-state index in [-0.39, 0.29) is 23.3 Å². The van der Waals surface area contributed by atoms with Gasteiger partial charge in [-0.25, -0.2) is 0 Å². The van der Waals surface area contributed by atoms with E-state index >= 15 is 0 Å². The fourth-order valence-electron chi connectivity index (χ4n) is 2.70. The molecule has 1 aliphatic heterocycles. The molecule has 1 heterocycles. The number of halogens is 1. The number of nitrogens with zero attached hydrogens (tertiary/aromatic N) is 2. The van der Waals surface area contributed by atoms with Crippen LogP contribution in [0.5, 0.6) is 5.75 Å². The van der Waals surface area contributed by atoms with E-state index < -0.39 is 5.97 Å². The molecule has 0 aliphatic carbocycles. The number of hydrogen-bond acceptors (Lipinski definition) is 5. The van der Waals surface area contributed by atoms with Gasteiger partial charge in [0.2, 0.25) is 0 Å². The summed E-state index contributed by atoms with van der Waals surface area (Å²) in [4.78, 5) is 27.9. The Morgan fingerprint density at radius 2 is 1.75 bits per heavy atom. The van der Waals surface area contributed by atoms with Gasteiger partial charge in [-0.2, -0.15) is 0 Å². The molecule has 1 amide bonds. The number of ether oxygens (including phenoxy) is 2. The van der Waals surface area contributed by atoms with Gasteiger partial charge in [0.15, 0.2) is 5.11 Å². The number of anilines is 1. The lowest BCUT2D eigenvalue weighted by Crippen LogP contribution is -2.35. The van der Waals surface area contributed by atoms with Gasteiger partial charge in [-0.3, -0.25) is 14.5 Å². The number of rotatable bonds is 5. The quantitative estimate of drug-likeness (QED) is 0.422. The molecule has 0 spiro atoms. The molecule has 0 aromatic heterocycles. The molecule has 2 aromatic rings. The first kappa shape index (κ1) is 19.9. The van der Waals surface area contributed by atoms with Crippen molar-refractivity contribution in [1.29, 1.82) is 0 Å². The van der Waals surface area contributed by atoms with Gasteiger partial charge in [0.05, 0.1) is 19.9 Å². The van der Waals surface area contributed by atoms with E-state index in [0.717, 1.165) is 5.56 Å². The van der Waals surface area contributed by atoms with E-state index in [1.54, 1.807) is 61.7 Å². The molecule has 3 rings (SSSR count). The van der Waals surface area contributed by atoms with Crippen LogP contribution in [0.25, 0.3) is 6.08 Å². The van der Waals surface area contributed by atoms with E-state index in [1.165, 1.54) is 16.9 Å². The van der Waals surface area contributed by atoms with Crippen LogP contribution in [0.1, 0.15) is 5.56 Å². The van der Waals surface area contributed by atoms with Crippen molar-refractivity contribution >= 4 is 52.6 Å². The van der Waals surface area contributed by atoms with Crippen molar-refractivity contribution in [2.24, 2.45) is 0 Å². The predicted molar refractivity (Wildman–Crippen MR) is 111 cm³/mol. The second kappa shape index (κ2) is 8.41. The fourth-order valence-corrected chi connectivity index (χ4v) is 3.18. The second-order valence-corrected chi connectivity index (χ2v) is 6.67. The molecule has 0 N–H and O–H groups in total. The topological polar surface area (TPSA) is 59.1 Å². The van der Waals surface area contributed by atoms with Crippen LogP contribution in [0.4, 0.5) is 5.69 Å². The molecular weight excluding hydrogens is 400 g/mol. The Morgan fingerprint density at radius 3 is 2.32 bits per heavy atom. The van der Waals surface area contributed by atoms with Crippen molar-refractivity contribution in [3.05, 3.63) is 64.8 Å². The maximum atomic E-state index is 13.1. The van der Waals surface area contributed by atoms with Crippen molar-refractivity contribution in [3.63, 3.8) is 0 Å². The molecule has 1 saturated heterocycles. The van der Waals surface area contributed by atoms with Gasteiger partial charge in [0.1, 0.15) is 18.0 Å². The van der Waals surface area contributed by atoms with Gasteiger partial charge in [-0.1, -0.05) is 23.7 Å². The van der Waals surface area contributed by atoms with E-state index in [1.807, 2.05) is 0 Å². The first-order valence-corrected chi connectivity index (χ1v) is 9.07. The number of esters is 1. The van der Waals surface area contributed by atoms with Gasteiger partial charge in [0, 0.05) is 5.02 Å². The van der Waals surface area contributed by atoms with Crippen LogP contribution in [0.3, 0.4) is 0 Å². The van der Waals surface area contributed by atoms with E-state index in [0.29, 0.717) is 16.5 Å². The summed E-state index contributed by atoms with van der Waals surface area (Å²) in [7, 11) is 2.85. The smallest absolute Gasteiger partial charge is 0.325 e. The zero-order valence-corrected chi connectivity index (χ0v) is 16.8. The number of thiocarbonyl (C=S) groups is 1. The highest BCUT2D eigenvalue weighted by Crippen LogP contribution is 2.30. The highest BCUT2D eigenvalue weighted by molar-refractivity contribution is 7.80. The highest BCUT2D eigenvalue weighted by atomic mass is 35.5. The van der Waals surface area contributed by atoms with Crippen LogP contribution in [-0.2, 0) is 14.3 Å². The standard InChI is InChI=1S/C20H17ClN2O4S/c1-26-16-9-7-15(8-10-16)23-19(25)17(11-13-3-5-14(21)6-4-13)22(20(23)28)12-18(24)27-2/h3-11H,12H2,1-2H3/b17-11-. The monoisotopic (exact) mass is 416 g/mol. The molecule has 1 fully saturated rings. The SMILES string of the molecule is COC(=O)CN1C(=S)N(c2ccc(OC)cc2)C(=O)/C1=C/c1ccc(Cl)cc1. The number of carbonyl (C=O) groups is 2. The zero-order valence-electron chi connectivity index (χ0n) is 15.2. The summed E-state index contributed by atoms with van der Waals surface area (Å²) in [6.45, 7) is -0.173. The van der Waals surface area contributed by atoms with Crippen molar-refractivity contribution in [2.45, 2.75) is 0 Å². The van der Waals surface area contributed by atoms with Crippen molar-refractivity contribution < 1.29 is 19.1 Å². The third-order valence-electron chi connectivity index (χ3n) is 4.15. The number of hydrogen-bond donors (Lipinski definition) is 0. The Balaban J connectivity index is 2.01. The third kappa shape index (κ3) is 4.00. The van der Waals surface area contributed by atoms with Crippen LogP contribution in [0, 0.1) is 0 Å². The van der Waals surface area contributed by atoms with E-state index in [9.17, 15) is 9.59 Å². The Morgan fingerprint density at radius 1 is 1.11 bits per heavy atom. The normalized spacial score (nSPS) is 15.3. The summed E-state index contributed by atoms with van der Waals surface area (Å²) >= 11 is 11.4. The number of benzene rings is 2.